The Bertz CT molecular complexity index is 918. The molecule has 9 heteroatoms. The largest absolute Gasteiger partial charge is 0.304 e. The van der Waals surface area contributed by atoms with Gasteiger partial charge in [-0.05, 0) is 24.6 Å². The van der Waals surface area contributed by atoms with E-state index < -0.39 is 0 Å². The van der Waals surface area contributed by atoms with E-state index in [4.69, 9.17) is 34.8 Å². The van der Waals surface area contributed by atoms with E-state index in [1.54, 1.807) is 33.9 Å². The van der Waals surface area contributed by atoms with Crippen molar-refractivity contribution >= 4 is 46.5 Å². The van der Waals surface area contributed by atoms with Gasteiger partial charge in [0.05, 0.1) is 28.4 Å². The fourth-order valence-electron chi connectivity index (χ4n) is 2.22. The monoisotopic (exact) mass is 397 g/mol. The van der Waals surface area contributed by atoms with Gasteiger partial charge in [0.25, 0.3) is 5.91 Å². The van der Waals surface area contributed by atoms with E-state index >= 15 is 0 Å². The second-order valence-electron chi connectivity index (χ2n) is 5.31. The number of nitrogens with zero attached hydrogens (tertiary/aromatic N) is 4. The normalized spacial score (nSPS) is 10.9. The molecule has 0 spiro atoms. The Morgan fingerprint density at radius 2 is 1.92 bits per heavy atom. The van der Waals surface area contributed by atoms with Gasteiger partial charge in [0, 0.05) is 18.9 Å². The standard InChI is InChI=1S/C16H14Cl3N5O/c1-2-23-8-11(6-20-23)16(25)21-15-14(19)9-24(22-15)7-10-3-4-12(17)13(18)5-10/h3-6,8-9H,2,7H2,1H3,(H,21,22,25). The topological polar surface area (TPSA) is 64.7 Å². The molecule has 6 nitrogen and oxygen atoms in total. The smallest absolute Gasteiger partial charge is 0.260 e. The van der Waals surface area contributed by atoms with Crippen molar-refractivity contribution in [2.45, 2.75) is 20.0 Å². The Hall–Kier alpha value is -2.02. The van der Waals surface area contributed by atoms with Crippen LogP contribution in [0.3, 0.4) is 0 Å². The van der Waals surface area contributed by atoms with Gasteiger partial charge in [0.15, 0.2) is 5.82 Å². The van der Waals surface area contributed by atoms with Gasteiger partial charge in [-0.1, -0.05) is 40.9 Å². The zero-order valence-electron chi connectivity index (χ0n) is 13.2. The van der Waals surface area contributed by atoms with Crippen LogP contribution < -0.4 is 5.32 Å². The molecular weight excluding hydrogens is 385 g/mol. The molecule has 130 valence electrons. The van der Waals surface area contributed by atoms with Crippen LogP contribution in [0.25, 0.3) is 0 Å². The molecule has 25 heavy (non-hydrogen) atoms. The van der Waals surface area contributed by atoms with Crippen molar-refractivity contribution in [2.24, 2.45) is 0 Å². The molecule has 0 saturated heterocycles. The van der Waals surface area contributed by atoms with E-state index in [-0.39, 0.29) is 11.7 Å². The van der Waals surface area contributed by atoms with Crippen LogP contribution in [-0.2, 0) is 13.1 Å². The summed E-state index contributed by atoms with van der Waals surface area (Å²) in [6.45, 7) is 3.07. The molecule has 0 saturated carbocycles. The highest BCUT2D eigenvalue weighted by molar-refractivity contribution is 6.42. The van der Waals surface area contributed by atoms with Crippen LogP contribution in [0.5, 0.6) is 0 Å². The fourth-order valence-corrected chi connectivity index (χ4v) is 2.74. The number of carbonyl (C=O) groups is 1. The van der Waals surface area contributed by atoms with Gasteiger partial charge < -0.3 is 5.32 Å². The van der Waals surface area contributed by atoms with E-state index in [2.05, 4.69) is 15.5 Å². The van der Waals surface area contributed by atoms with E-state index in [0.717, 1.165) is 5.56 Å². The van der Waals surface area contributed by atoms with E-state index in [1.165, 1.54) is 6.20 Å². The molecule has 0 radical (unpaired) electrons. The van der Waals surface area contributed by atoms with Gasteiger partial charge in [-0.25, -0.2) is 0 Å². The van der Waals surface area contributed by atoms with Gasteiger partial charge in [-0.3, -0.25) is 14.2 Å². The van der Waals surface area contributed by atoms with Gasteiger partial charge in [0.2, 0.25) is 0 Å². The summed E-state index contributed by atoms with van der Waals surface area (Å²) in [5.74, 6) is -0.0302. The average molecular weight is 399 g/mol. The predicted octanol–water partition coefficient (Wildman–Crippen LogP) is 4.36. The molecule has 3 aromatic rings. The number of aryl methyl sites for hydroxylation is 1. The Morgan fingerprint density at radius 1 is 1.12 bits per heavy atom. The summed E-state index contributed by atoms with van der Waals surface area (Å²) < 4.78 is 3.28. The fraction of sp³-hybridized carbons (Fsp3) is 0.188. The first-order valence-electron chi connectivity index (χ1n) is 7.47. The third-order valence-electron chi connectivity index (χ3n) is 3.50. The minimum absolute atomic E-state index is 0.288. The number of benzene rings is 1. The SMILES string of the molecule is CCn1cc(C(=O)Nc2nn(Cc3ccc(Cl)c(Cl)c3)cc2Cl)cn1. The summed E-state index contributed by atoms with van der Waals surface area (Å²) in [4.78, 5) is 12.2. The quantitative estimate of drug-likeness (QED) is 0.694. The molecule has 1 N–H and O–H groups in total. The Balaban J connectivity index is 1.73. The van der Waals surface area contributed by atoms with Crippen molar-refractivity contribution < 1.29 is 4.79 Å². The lowest BCUT2D eigenvalue weighted by atomic mass is 10.2. The van der Waals surface area contributed by atoms with Crippen LogP contribution in [0.15, 0.2) is 36.8 Å². The molecule has 2 aromatic heterocycles. The Labute approximate surface area is 159 Å². The summed E-state index contributed by atoms with van der Waals surface area (Å²) in [7, 11) is 0. The van der Waals surface area contributed by atoms with Crippen LogP contribution >= 0.6 is 34.8 Å². The van der Waals surface area contributed by atoms with Crippen molar-refractivity contribution in [3.8, 4) is 0 Å². The zero-order valence-corrected chi connectivity index (χ0v) is 15.5. The van der Waals surface area contributed by atoms with Crippen molar-refractivity contribution in [2.75, 3.05) is 5.32 Å². The van der Waals surface area contributed by atoms with Gasteiger partial charge in [0.1, 0.15) is 5.02 Å². The minimum atomic E-state index is -0.318. The molecule has 0 unspecified atom stereocenters. The predicted molar refractivity (Wildman–Crippen MR) is 98.7 cm³/mol. The first kappa shape index (κ1) is 17.8. The van der Waals surface area contributed by atoms with Gasteiger partial charge in [-0.15, -0.1) is 0 Å². The number of anilines is 1. The first-order chi connectivity index (χ1) is 12.0. The third-order valence-corrected chi connectivity index (χ3v) is 4.51. The summed E-state index contributed by atoms with van der Waals surface area (Å²) in [6, 6.07) is 5.33. The molecule has 0 bridgehead atoms. The van der Waals surface area contributed by atoms with Crippen LogP contribution in [0.2, 0.25) is 15.1 Å². The maximum absolute atomic E-state index is 12.2. The number of halogens is 3. The molecule has 2 heterocycles. The van der Waals surface area contributed by atoms with Crippen molar-refractivity contribution in [3.63, 3.8) is 0 Å². The molecule has 0 aliphatic carbocycles. The van der Waals surface area contributed by atoms with Crippen LogP contribution in [0, 0.1) is 0 Å². The number of hydrogen-bond donors (Lipinski definition) is 1. The maximum Gasteiger partial charge on any atom is 0.260 e. The van der Waals surface area contributed by atoms with Crippen molar-refractivity contribution in [1.82, 2.24) is 19.6 Å². The summed E-state index contributed by atoms with van der Waals surface area (Å²) in [5.41, 5.74) is 1.35. The van der Waals surface area contributed by atoms with Crippen molar-refractivity contribution in [1.29, 1.82) is 0 Å². The lowest BCUT2D eigenvalue weighted by Gasteiger charge is -2.04. The summed E-state index contributed by atoms with van der Waals surface area (Å²) in [5, 5.41) is 12.4. The number of hydrogen-bond acceptors (Lipinski definition) is 3. The van der Waals surface area contributed by atoms with E-state index in [1.807, 2.05) is 13.0 Å². The molecule has 1 aromatic carbocycles. The third kappa shape index (κ3) is 4.15. The van der Waals surface area contributed by atoms with E-state index in [9.17, 15) is 4.79 Å². The number of nitrogens with one attached hydrogen (secondary N) is 1. The second kappa shape index (κ2) is 7.47. The van der Waals surface area contributed by atoms with Crippen LogP contribution in [0.1, 0.15) is 22.8 Å². The highest BCUT2D eigenvalue weighted by Crippen LogP contribution is 2.24. The number of aromatic nitrogens is 4. The molecule has 1 amide bonds. The Morgan fingerprint density at radius 3 is 2.60 bits per heavy atom. The summed E-state index contributed by atoms with van der Waals surface area (Å²) in [6.07, 6.45) is 4.80. The van der Waals surface area contributed by atoms with Gasteiger partial charge in [-0.2, -0.15) is 10.2 Å². The zero-order chi connectivity index (χ0) is 18.0. The highest BCUT2D eigenvalue weighted by Gasteiger charge is 2.14. The second-order valence-corrected chi connectivity index (χ2v) is 6.53. The molecule has 0 atom stereocenters. The Kier molecular flexibility index (Phi) is 5.32. The highest BCUT2D eigenvalue weighted by atomic mass is 35.5. The van der Waals surface area contributed by atoms with Gasteiger partial charge >= 0.3 is 0 Å². The van der Waals surface area contributed by atoms with E-state index in [0.29, 0.717) is 33.7 Å². The molecule has 0 aliphatic heterocycles. The lowest BCUT2D eigenvalue weighted by molar-refractivity contribution is 0.102. The average Bonchev–Trinajstić information content (AvgIpc) is 3.18. The number of carbonyl (C=O) groups excluding carboxylic acids is 1. The first-order valence-corrected chi connectivity index (χ1v) is 8.60. The number of amides is 1. The van der Waals surface area contributed by atoms with Crippen LogP contribution in [0.4, 0.5) is 5.82 Å². The lowest BCUT2D eigenvalue weighted by Crippen LogP contribution is -2.12. The van der Waals surface area contributed by atoms with Crippen molar-refractivity contribution in [3.05, 3.63) is 63.0 Å². The van der Waals surface area contributed by atoms with Crippen LogP contribution in [-0.4, -0.2) is 25.5 Å². The maximum atomic E-state index is 12.2. The molecule has 0 fully saturated rings. The number of rotatable bonds is 5. The molecular formula is C16H14Cl3N5O. The minimum Gasteiger partial charge on any atom is -0.304 e. The molecule has 3 rings (SSSR count). The summed E-state index contributed by atoms with van der Waals surface area (Å²) >= 11 is 18.1. The molecule has 0 aliphatic rings.